The van der Waals surface area contributed by atoms with Gasteiger partial charge in [0.1, 0.15) is 17.7 Å². The molecule has 0 aliphatic heterocycles. The zero-order chi connectivity index (χ0) is 12.0. The Morgan fingerprint density at radius 2 is 1.81 bits per heavy atom. The quantitative estimate of drug-likeness (QED) is 0.619. The highest BCUT2D eigenvalue weighted by molar-refractivity contribution is 14.1. The molecular weight excluding hydrogens is 319 g/mol. The summed E-state index contributed by atoms with van der Waals surface area (Å²) in [6.45, 7) is 0. The van der Waals surface area contributed by atoms with Gasteiger partial charge >= 0.3 is 5.97 Å². The van der Waals surface area contributed by atoms with Gasteiger partial charge in [-0.05, 0) is 23.8 Å². The lowest BCUT2D eigenvalue weighted by molar-refractivity contribution is 0.0800. The largest absolute Gasteiger partial charge is 0.391 e. The van der Waals surface area contributed by atoms with Crippen molar-refractivity contribution in [3.05, 3.63) is 41.0 Å². The number of rotatable bonds is 2. The van der Waals surface area contributed by atoms with Crippen LogP contribution in [-0.4, -0.2) is 5.97 Å². The summed E-state index contributed by atoms with van der Waals surface area (Å²) >= 11 is 1.51. The highest BCUT2D eigenvalue weighted by Gasteiger charge is 2.04. The molecule has 1 aromatic carbocycles. The molecule has 0 aliphatic carbocycles. The molecule has 0 N–H and O–H groups in total. The van der Waals surface area contributed by atoms with Crippen LogP contribution in [0.1, 0.15) is 15.9 Å². The molecule has 0 fully saturated rings. The average Bonchev–Trinajstić information content (AvgIpc) is 2.35. The van der Waals surface area contributed by atoms with Crippen LogP contribution >= 0.6 is 23.0 Å². The first-order chi connectivity index (χ1) is 7.71. The van der Waals surface area contributed by atoms with Gasteiger partial charge in [-0.25, -0.2) is 4.79 Å². The third-order valence-corrected chi connectivity index (χ3v) is 2.17. The Kier molecular flexibility index (Phi) is 4.49. The van der Waals surface area contributed by atoms with E-state index in [1.54, 1.807) is 36.4 Å². The van der Waals surface area contributed by atoms with E-state index in [9.17, 15) is 4.79 Å². The van der Waals surface area contributed by atoms with E-state index in [1.165, 1.54) is 29.1 Å². The molecule has 4 nitrogen and oxygen atoms in total. The Morgan fingerprint density at radius 1 is 1.25 bits per heavy atom. The molecule has 0 unspecified atom stereocenters. The minimum absolute atomic E-state index is 0.0178. The fourth-order valence-corrected chi connectivity index (χ4v) is 1.27. The molecule has 1 aromatic rings. The number of nitrogens with zero attached hydrogens (tertiary/aromatic N) is 2. The van der Waals surface area contributed by atoms with Gasteiger partial charge in [0.25, 0.3) is 0 Å². The predicted molar refractivity (Wildman–Crippen MR) is 65.1 cm³/mol. The average molecular weight is 324 g/mol. The van der Waals surface area contributed by atoms with Crippen molar-refractivity contribution < 1.29 is 7.86 Å². The summed E-state index contributed by atoms with van der Waals surface area (Å²) in [5.41, 5.74) is 1.12. The topological polar surface area (TPSA) is 73.9 Å². The van der Waals surface area contributed by atoms with E-state index in [0.717, 1.165) is 0 Å². The molecule has 0 bridgehead atoms. The SMILES string of the molecule is N#CC(C#N)=Cc1ccc(C(=O)OI)cc1. The van der Waals surface area contributed by atoms with Crippen LogP contribution in [0.4, 0.5) is 0 Å². The van der Waals surface area contributed by atoms with Crippen LogP contribution < -0.4 is 0 Å². The summed E-state index contributed by atoms with van der Waals surface area (Å²) in [4.78, 5) is 11.1. The van der Waals surface area contributed by atoms with Crippen LogP contribution in [0.3, 0.4) is 0 Å². The first kappa shape index (κ1) is 12.2. The molecule has 5 heteroatoms. The van der Waals surface area contributed by atoms with E-state index in [4.69, 9.17) is 10.5 Å². The molecule has 0 radical (unpaired) electrons. The Bertz CT molecular complexity index is 490. The van der Waals surface area contributed by atoms with Crippen molar-refractivity contribution in [2.45, 2.75) is 0 Å². The number of nitriles is 2. The number of hydrogen-bond acceptors (Lipinski definition) is 4. The van der Waals surface area contributed by atoms with Crippen molar-refractivity contribution in [3.63, 3.8) is 0 Å². The first-order valence-corrected chi connectivity index (χ1v) is 5.04. The molecule has 0 aromatic heterocycles. The van der Waals surface area contributed by atoms with Crippen molar-refractivity contribution in [2.75, 3.05) is 0 Å². The maximum absolute atomic E-state index is 11.1. The maximum Gasteiger partial charge on any atom is 0.347 e. The lowest BCUT2D eigenvalue weighted by Gasteiger charge is -1.97. The summed E-state index contributed by atoms with van der Waals surface area (Å²) < 4.78 is 4.51. The molecule has 0 amide bonds. The number of benzene rings is 1. The second-order valence-electron chi connectivity index (χ2n) is 2.77. The van der Waals surface area contributed by atoms with Crippen LogP contribution in [0.25, 0.3) is 6.08 Å². The number of carbonyl (C=O) groups excluding carboxylic acids is 1. The zero-order valence-corrected chi connectivity index (χ0v) is 10.1. The van der Waals surface area contributed by atoms with Crippen LogP contribution in [0.15, 0.2) is 29.8 Å². The van der Waals surface area contributed by atoms with Crippen molar-refractivity contribution in [3.8, 4) is 12.1 Å². The van der Waals surface area contributed by atoms with Gasteiger partial charge in [0.2, 0.25) is 0 Å². The van der Waals surface area contributed by atoms with E-state index in [0.29, 0.717) is 11.1 Å². The third-order valence-electron chi connectivity index (χ3n) is 1.77. The van der Waals surface area contributed by atoms with Crippen molar-refractivity contribution in [1.29, 1.82) is 10.5 Å². The number of carbonyl (C=O) groups is 1. The van der Waals surface area contributed by atoms with Gasteiger partial charge < -0.3 is 3.07 Å². The number of hydrogen-bond donors (Lipinski definition) is 0. The van der Waals surface area contributed by atoms with Crippen LogP contribution in [0.5, 0.6) is 0 Å². The van der Waals surface area contributed by atoms with Gasteiger partial charge in [-0.15, -0.1) is 0 Å². The van der Waals surface area contributed by atoms with Gasteiger partial charge in [0.05, 0.1) is 5.56 Å². The molecule has 16 heavy (non-hydrogen) atoms. The Labute approximate surface area is 106 Å². The summed E-state index contributed by atoms with van der Waals surface area (Å²) in [6.07, 6.45) is 1.44. The summed E-state index contributed by atoms with van der Waals surface area (Å²) in [6, 6.07) is 9.92. The van der Waals surface area contributed by atoms with Crippen LogP contribution in [-0.2, 0) is 3.07 Å². The third kappa shape index (κ3) is 3.07. The fraction of sp³-hybridized carbons (Fsp3) is 0. The van der Waals surface area contributed by atoms with Crippen LogP contribution in [0.2, 0.25) is 0 Å². The predicted octanol–water partition coefficient (Wildman–Crippen LogP) is 2.62. The molecule has 0 saturated carbocycles. The Balaban J connectivity index is 2.98. The molecule has 0 saturated heterocycles. The molecular formula is C11H5IN2O2. The van der Waals surface area contributed by atoms with Gasteiger partial charge in [0, 0.05) is 0 Å². The summed E-state index contributed by atoms with van der Waals surface area (Å²) in [7, 11) is 0. The molecule has 1 rings (SSSR count). The van der Waals surface area contributed by atoms with Crippen molar-refractivity contribution in [2.24, 2.45) is 0 Å². The normalized spacial score (nSPS) is 8.44. The van der Waals surface area contributed by atoms with Gasteiger partial charge in [-0.1, -0.05) is 12.1 Å². The van der Waals surface area contributed by atoms with Crippen molar-refractivity contribution in [1.82, 2.24) is 0 Å². The van der Waals surface area contributed by atoms with E-state index in [-0.39, 0.29) is 5.57 Å². The fourth-order valence-electron chi connectivity index (χ4n) is 1.02. The number of allylic oxidation sites excluding steroid dienone is 1. The standard InChI is InChI=1S/C11H5IN2O2/c12-16-11(15)10-3-1-8(2-4-10)5-9(6-13)7-14/h1-5H. The Hall–Kier alpha value is -1.86. The minimum Gasteiger partial charge on any atom is -0.391 e. The highest BCUT2D eigenvalue weighted by atomic mass is 127. The number of halogens is 1. The smallest absolute Gasteiger partial charge is 0.347 e. The lowest BCUT2D eigenvalue weighted by Crippen LogP contribution is -1.96. The van der Waals surface area contributed by atoms with E-state index in [1.807, 2.05) is 0 Å². The van der Waals surface area contributed by atoms with Crippen LogP contribution in [0, 0.1) is 22.7 Å². The van der Waals surface area contributed by atoms with Gasteiger partial charge in [0.15, 0.2) is 23.0 Å². The summed E-state index contributed by atoms with van der Waals surface area (Å²) in [5, 5.41) is 17.1. The zero-order valence-electron chi connectivity index (χ0n) is 7.98. The van der Waals surface area contributed by atoms with E-state index < -0.39 is 5.97 Å². The van der Waals surface area contributed by atoms with Crippen molar-refractivity contribution >= 4 is 35.1 Å². The monoisotopic (exact) mass is 324 g/mol. The van der Waals surface area contributed by atoms with Gasteiger partial charge in [-0.2, -0.15) is 10.5 Å². The molecule has 0 spiro atoms. The second kappa shape index (κ2) is 5.89. The Morgan fingerprint density at radius 3 is 2.25 bits per heavy atom. The summed E-state index contributed by atoms with van der Waals surface area (Å²) in [5.74, 6) is -0.433. The van der Waals surface area contributed by atoms with E-state index in [2.05, 4.69) is 3.07 Å². The highest BCUT2D eigenvalue weighted by Crippen LogP contribution is 2.10. The second-order valence-corrected chi connectivity index (χ2v) is 3.21. The van der Waals surface area contributed by atoms with Gasteiger partial charge in [-0.3, -0.25) is 0 Å². The minimum atomic E-state index is -0.433. The molecule has 0 heterocycles. The molecule has 78 valence electrons. The molecule has 0 atom stereocenters. The van der Waals surface area contributed by atoms with E-state index >= 15 is 0 Å². The molecule has 0 aliphatic rings. The first-order valence-electron chi connectivity index (χ1n) is 4.16. The maximum atomic E-state index is 11.1. The lowest BCUT2D eigenvalue weighted by atomic mass is 10.1.